The Labute approximate surface area is 185 Å². The van der Waals surface area contributed by atoms with Crippen LogP contribution in [-0.2, 0) is 11.0 Å². The molecule has 3 aromatic rings. The number of hydrogen-bond acceptors (Lipinski definition) is 6. The van der Waals surface area contributed by atoms with Crippen LogP contribution in [0.3, 0.4) is 0 Å². The number of methoxy groups -OCH3 is 1. The second-order valence-corrected chi connectivity index (χ2v) is 7.13. The van der Waals surface area contributed by atoms with Crippen molar-refractivity contribution >= 4 is 12.2 Å². The van der Waals surface area contributed by atoms with E-state index in [1.807, 2.05) is 0 Å². The minimum absolute atomic E-state index is 0.0231. The second-order valence-electron chi connectivity index (χ2n) is 7.13. The van der Waals surface area contributed by atoms with Gasteiger partial charge in [-0.15, -0.1) is 5.10 Å². The molecule has 33 heavy (non-hydrogen) atoms. The van der Waals surface area contributed by atoms with Crippen molar-refractivity contribution in [2.45, 2.75) is 18.5 Å². The molecule has 0 bridgehead atoms. The Balaban J connectivity index is 1.92. The van der Waals surface area contributed by atoms with Gasteiger partial charge in [-0.05, 0) is 46.3 Å². The van der Waals surface area contributed by atoms with E-state index in [4.69, 9.17) is 4.74 Å². The maximum atomic E-state index is 13.3. The normalized spacial score (nSPS) is 12.3. The molecule has 2 aromatic carbocycles. The predicted molar refractivity (Wildman–Crippen MR) is 107 cm³/mol. The van der Waals surface area contributed by atoms with E-state index in [2.05, 4.69) is 15.5 Å². The lowest BCUT2D eigenvalue weighted by Crippen LogP contribution is -2.31. The Morgan fingerprint density at radius 3 is 2.52 bits per heavy atom. The Kier molecular flexibility index (Phi) is 7.04. The zero-order valence-corrected chi connectivity index (χ0v) is 17.6. The highest BCUT2D eigenvalue weighted by molar-refractivity contribution is 5.97. The quantitative estimate of drug-likeness (QED) is 0.375. The molecule has 0 saturated heterocycles. The van der Waals surface area contributed by atoms with Gasteiger partial charge in [0.1, 0.15) is 17.9 Å². The van der Waals surface area contributed by atoms with Crippen molar-refractivity contribution in [3.63, 3.8) is 0 Å². The maximum absolute atomic E-state index is 13.3. The Hall–Kier alpha value is -3.83. The molecular weight excluding hydrogens is 446 g/mol. The predicted octanol–water partition coefficient (Wildman–Crippen LogP) is 3.27. The van der Waals surface area contributed by atoms with Crippen LogP contribution in [0.5, 0.6) is 5.75 Å². The molecule has 174 valence electrons. The summed E-state index contributed by atoms with van der Waals surface area (Å²) in [7, 11) is 2.80. The lowest BCUT2D eigenvalue weighted by molar-refractivity contribution is -0.146. The van der Waals surface area contributed by atoms with Crippen LogP contribution in [0.15, 0.2) is 42.5 Å². The third kappa shape index (κ3) is 5.33. The molecule has 8 nitrogen and oxygen atoms in total. The average Bonchev–Trinajstić information content (AvgIpc) is 3.29. The third-order valence-electron chi connectivity index (χ3n) is 4.94. The Bertz CT molecular complexity index is 1130. The average molecular weight is 465 g/mol. The van der Waals surface area contributed by atoms with Gasteiger partial charge in [0.25, 0.3) is 11.7 Å². The number of amides is 1. The number of benzene rings is 2. The number of hydrogen-bond donors (Lipinski definition) is 0. The molecule has 1 amide bonds. The zero-order chi connectivity index (χ0) is 24.2. The first-order valence-corrected chi connectivity index (χ1v) is 9.64. The molecule has 0 unspecified atom stereocenters. The largest absolute Gasteiger partial charge is 0.496 e. The summed E-state index contributed by atoms with van der Waals surface area (Å²) < 4.78 is 58.5. The number of likely N-dealkylation sites (N-methyl/N-ethyl adjacent to an activating group) is 1. The molecule has 1 aromatic heterocycles. The van der Waals surface area contributed by atoms with E-state index < -0.39 is 29.6 Å². The monoisotopic (exact) mass is 465 g/mol. The van der Waals surface area contributed by atoms with E-state index in [0.29, 0.717) is 16.5 Å². The van der Waals surface area contributed by atoms with Crippen molar-refractivity contribution in [1.29, 1.82) is 0 Å². The van der Waals surface area contributed by atoms with Crippen LogP contribution in [-0.4, -0.2) is 58.0 Å². The highest BCUT2D eigenvalue weighted by Crippen LogP contribution is 2.30. The number of rotatable bonds is 8. The summed E-state index contributed by atoms with van der Waals surface area (Å²) in [5.41, 5.74) is 0.547. The molecular formula is C21H19F4N5O3. The number of aromatic nitrogens is 4. The van der Waals surface area contributed by atoms with Gasteiger partial charge in [-0.3, -0.25) is 4.79 Å². The van der Waals surface area contributed by atoms with E-state index in [-0.39, 0.29) is 30.0 Å². The van der Waals surface area contributed by atoms with Crippen LogP contribution >= 0.6 is 0 Å². The topological polar surface area (TPSA) is 90.2 Å². The number of tetrazole rings is 1. The fourth-order valence-corrected chi connectivity index (χ4v) is 3.32. The fraction of sp³-hybridized carbons (Fsp3) is 0.286. The number of aldehydes is 1. The summed E-state index contributed by atoms with van der Waals surface area (Å²) in [5.74, 6) is -2.63. The van der Waals surface area contributed by atoms with Gasteiger partial charge in [0.2, 0.25) is 0 Å². The molecule has 0 aliphatic carbocycles. The summed E-state index contributed by atoms with van der Waals surface area (Å²) in [6.07, 6.45) is -4.02. The molecule has 0 N–H and O–H groups in total. The molecule has 1 atom stereocenters. The highest BCUT2D eigenvalue weighted by Gasteiger charge is 2.38. The minimum Gasteiger partial charge on any atom is -0.496 e. The number of carbonyl (C=O) groups excluding carboxylic acids is 2. The van der Waals surface area contributed by atoms with Crippen molar-refractivity contribution in [2.75, 3.05) is 20.7 Å². The van der Waals surface area contributed by atoms with Gasteiger partial charge in [-0.25, -0.2) is 4.39 Å². The van der Waals surface area contributed by atoms with Crippen molar-refractivity contribution in [3.05, 3.63) is 65.2 Å². The summed E-state index contributed by atoms with van der Waals surface area (Å²) in [6.45, 7) is 0.0925. The molecule has 3 rings (SSSR count). The standard InChI is InChI=1S/C21H19F4N5O3/c1-29(12-14(9-10-31)13-3-5-15(22)6-4-13)19(32)17-11-16(7-8-18(17)33-2)30-20(21(23,24)25)26-27-28-30/h3-8,10-11,14H,9,12H2,1-2H3/t14-/m1/s1. The van der Waals surface area contributed by atoms with E-state index in [1.54, 1.807) is 0 Å². The molecule has 1 heterocycles. The summed E-state index contributed by atoms with van der Waals surface area (Å²) >= 11 is 0. The van der Waals surface area contributed by atoms with Crippen LogP contribution in [0.4, 0.5) is 17.6 Å². The van der Waals surface area contributed by atoms with Gasteiger partial charge >= 0.3 is 6.18 Å². The van der Waals surface area contributed by atoms with Crippen LogP contribution in [0.25, 0.3) is 5.69 Å². The first-order valence-electron chi connectivity index (χ1n) is 9.64. The number of carbonyl (C=O) groups is 2. The van der Waals surface area contributed by atoms with Crippen LogP contribution in [0, 0.1) is 5.82 Å². The molecule has 0 radical (unpaired) electrons. The summed E-state index contributed by atoms with van der Waals surface area (Å²) in [6, 6.07) is 9.38. The first-order chi connectivity index (χ1) is 15.7. The molecule has 0 saturated carbocycles. The van der Waals surface area contributed by atoms with Gasteiger partial charge in [0, 0.05) is 25.9 Å². The lowest BCUT2D eigenvalue weighted by atomic mass is 9.95. The molecule has 0 aliphatic heterocycles. The van der Waals surface area contributed by atoms with Gasteiger partial charge in [-0.1, -0.05) is 12.1 Å². The lowest BCUT2D eigenvalue weighted by Gasteiger charge is -2.24. The molecule has 0 fully saturated rings. The molecule has 12 heteroatoms. The number of alkyl halides is 3. The van der Waals surface area contributed by atoms with Crippen molar-refractivity contribution in [2.24, 2.45) is 0 Å². The maximum Gasteiger partial charge on any atom is 0.453 e. The molecule has 0 aliphatic rings. The highest BCUT2D eigenvalue weighted by atomic mass is 19.4. The zero-order valence-electron chi connectivity index (χ0n) is 17.6. The van der Waals surface area contributed by atoms with E-state index in [0.717, 1.165) is 0 Å². The van der Waals surface area contributed by atoms with E-state index in [9.17, 15) is 27.2 Å². The van der Waals surface area contributed by atoms with Gasteiger partial charge in [-0.2, -0.15) is 17.9 Å². The van der Waals surface area contributed by atoms with Gasteiger partial charge in [0.15, 0.2) is 0 Å². The smallest absolute Gasteiger partial charge is 0.453 e. The van der Waals surface area contributed by atoms with E-state index in [1.165, 1.54) is 61.5 Å². The Morgan fingerprint density at radius 1 is 1.21 bits per heavy atom. The van der Waals surface area contributed by atoms with Crippen molar-refractivity contribution < 1.29 is 31.9 Å². The van der Waals surface area contributed by atoms with Gasteiger partial charge in [0.05, 0.1) is 18.4 Å². The second kappa shape index (κ2) is 9.76. The third-order valence-corrected chi connectivity index (χ3v) is 4.94. The van der Waals surface area contributed by atoms with Gasteiger partial charge < -0.3 is 14.4 Å². The van der Waals surface area contributed by atoms with E-state index >= 15 is 0 Å². The van der Waals surface area contributed by atoms with Crippen molar-refractivity contribution in [3.8, 4) is 11.4 Å². The number of halogens is 4. The molecule has 0 spiro atoms. The number of ether oxygens (including phenoxy) is 1. The van der Waals surface area contributed by atoms with Crippen LogP contribution < -0.4 is 4.74 Å². The SMILES string of the molecule is COc1ccc(-n2nnnc2C(F)(F)F)cc1C(=O)N(C)C[C@@H](CC=O)c1ccc(F)cc1. The summed E-state index contributed by atoms with van der Waals surface area (Å²) in [5, 5.41) is 9.45. The summed E-state index contributed by atoms with van der Waals surface area (Å²) in [4.78, 5) is 25.6. The van der Waals surface area contributed by atoms with Crippen LogP contribution in [0.2, 0.25) is 0 Å². The fourth-order valence-electron chi connectivity index (χ4n) is 3.32. The van der Waals surface area contributed by atoms with Crippen molar-refractivity contribution in [1.82, 2.24) is 25.1 Å². The van der Waals surface area contributed by atoms with Crippen LogP contribution in [0.1, 0.15) is 34.1 Å². The Morgan fingerprint density at radius 2 is 1.91 bits per heavy atom. The minimum atomic E-state index is -4.80. The number of nitrogens with zero attached hydrogens (tertiary/aromatic N) is 5. The first kappa shape index (κ1) is 23.8.